The molecule has 2 nitrogen and oxygen atoms in total. The molecule has 110 valence electrons. The number of hydrogen-bond acceptors (Lipinski definition) is 2. The van der Waals surface area contributed by atoms with Crippen molar-refractivity contribution >= 4 is 17.2 Å². The number of aryl methyl sites for hydroxylation is 1. The van der Waals surface area contributed by atoms with E-state index in [1.54, 1.807) is 0 Å². The molecule has 0 amide bonds. The van der Waals surface area contributed by atoms with Crippen molar-refractivity contribution in [1.29, 1.82) is 0 Å². The van der Waals surface area contributed by atoms with Gasteiger partial charge in [0.15, 0.2) is 0 Å². The first kappa shape index (κ1) is 15.5. The Morgan fingerprint density at radius 1 is 1.19 bits per heavy atom. The normalized spacial score (nSPS) is 10.7. The number of benzene rings is 2. The van der Waals surface area contributed by atoms with Gasteiger partial charge in [-0.3, -0.25) is 0 Å². The summed E-state index contributed by atoms with van der Waals surface area (Å²) >= 11 is 4.99. The molecule has 0 aliphatic carbocycles. The van der Waals surface area contributed by atoms with Gasteiger partial charge in [0.05, 0.1) is 0 Å². The van der Waals surface area contributed by atoms with Gasteiger partial charge in [0.1, 0.15) is 17.3 Å². The zero-order valence-electron chi connectivity index (χ0n) is 12.7. The summed E-state index contributed by atoms with van der Waals surface area (Å²) in [5.41, 5.74) is 10.2. The van der Waals surface area contributed by atoms with Crippen LogP contribution in [0.4, 0.5) is 0 Å². The van der Waals surface area contributed by atoms with Crippen molar-refractivity contribution in [2.24, 2.45) is 5.73 Å². The molecule has 2 aromatic carbocycles. The van der Waals surface area contributed by atoms with Crippen molar-refractivity contribution in [2.45, 2.75) is 33.3 Å². The Kier molecular flexibility index (Phi) is 4.97. The van der Waals surface area contributed by atoms with E-state index in [1.807, 2.05) is 30.3 Å². The SMILES string of the molecule is Cc1cc(OCc2cccc(C(N)=S)c2)ccc1C(C)C. The van der Waals surface area contributed by atoms with E-state index in [0.29, 0.717) is 17.5 Å². The maximum atomic E-state index is 5.86. The Hall–Kier alpha value is -1.87. The van der Waals surface area contributed by atoms with Gasteiger partial charge in [-0.05, 0) is 47.7 Å². The van der Waals surface area contributed by atoms with Crippen LogP contribution < -0.4 is 10.5 Å². The monoisotopic (exact) mass is 299 g/mol. The highest BCUT2D eigenvalue weighted by molar-refractivity contribution is 7.80. The van der Waals surface area contributed by atoms with Crippen molar-refractivity contribution < 1.29 is 4.74 Å². The molecule has 2 aromatic rings. The van der Waals surface area contributed by atoms with Crippen LogP contribution in [-0.4, -0.2) is 4.99 Å². The van der Waals surface area contributed by atoms with Crippen LogP contribution in [0.15, 0.2) is 42.5 Å². The molecule has 0 heterocycles. The highest BCUT2D eigenvalue weighted by Crippen LogP contribution is 2.24. The molecule has 0 fully saturated rings. The molecule has 2 N–H and O–H groups in total. The van der Waals surface area contributed by atoms with Gasteiger partial charge in [0.25, 0.3) is 0 Å². The van der Waals surface area contributed by atoms with E-state index in [-0.39, 0.29) is 0 Å². The summed E-state index contributed by atoms with van der Waals surface area (Å²) in [7, 11) is 0. The molecule has 0 aliphatic rings. The van der Waals surface area contributed by atoms with Gasteiger partial charge >= 0.3 is 0 Å². The van der Waals surface area contributed by atoms with Gasteiger partial charge in [-0.1, -0.05) is 50.3 Å². The summed E-state index contributed by atoms with van der Waals surface area (Å²) in [6, 6.07) is 14.1. The molecular weight excluding hydrogens is 278 g/mol. The maximum absolute atomic E-state index is 5.86. The summed E-state index contributed by atoms with van der Waals surface area (Å²) in [5, 5.41) is 0. The molecule has 0 spiro atoms. The molecule has 0 aliphatic heterocycles. The molecule has 21 heavy (non-hydrogen) atoms. The van der Waals surface area contributed by atoms with Crippen molar-refractivity contribution in [2.75, 3.05) is 0 Å². The number of nitrogens with two attached hydrogens (primary N) is 1. The second-order valence-electron chi connectivity index (χ2n) is 5.53. The van der Waals surface area contributed by atoms with Gasteiger partial charge in [-0.15, -0.1) is 0 Å². The molecule has 0 aromatic heterocycles. The van der Waals surface area contributed by atoms with Gasteiger partial charge < -0.3 is 10.5 Å². The number of rotatable bonds is 5. The quantitative estimate of drug-likeness (QED) is 0.835. The second kappa shape index (κ2) is 6.72. The molecule has 0 saturated heterocycles. The van der Waals surface area contributed by atoms with Crippen molar-refractivity contribution in [3.05, 3.63) is 64.7 Å². The summed E-state index contributed by atoms with van der Waals surface area (Å²) in [5.74, 6) is 1.42. The highest BCUT2D eigenvalue weighted by Gasteiger charge is 2.05. The molecule has 3 heteroatoms. The van der Waals surface area contributed by atoms with E-state index in [1.165, 1.54) is 11.1 Å². The average Bonchev–Trinajstić information content (AvgIpc) is 2.45. The van der Waals surface area contributed by atoms with Gasteiger partial charge in [0.2, 0.25) is 0 Å². The zero-order valence-corrected chi connectivity index (χ0v) is 13.5. The standard InChI is InChI=1S/C18H21NOS/c1-12(2)17-8-7-16(9-13(17)3)20-11-14-5-4-6-15(10-14)18(19)21/h4-10,12H,11H2,1-3H3,(H2,19,21). The Balaban J connectivity index is 2.08. The first-order chi connectivity index (χ1) is 9.97. The molecule has 0 saturated carbocycles. The Morgan fingerprint density at radius 3 is 2.57 bits per heavy atom. The van der Waals surface area contributed by atoms with E-state index in [4.69, 9.17) is 22.7 Å². The molecule has 0 radical (unpaired) electrons. The lowest BCUT2D eigenvalue weighted by molar-refractivity contribution is 0.306. The summed E-state index contributed by atoms with van der Waals surface area (Å²) in [6.45, 7) is 7.03. The number of thiocarbonyl (C=S) groups is 1. The zero-order chi connectivity index (χ0) is 15.4. The third-order valence-corrected chi connectivity index (χ3v) is 3.72. The van der Waals surface area contributed by atoms with Gasteiger partial charge in [0, 0.05) is 5.56 Å². The Bertz CT molecular complexity index is 649. The second-order valence-corrected chi connectivity index (χ2v) is 5.97. The first-order valence-corrected chi connectivity index (χ1v) is 7.50. The third kappa shape index (κ3) is 4.05. The minimum absolute atomic E-state index is 0.411. The summed E-state index contributed by atoms with van der Waals surface area (Å²) in [6.07, 6.45) is 0. The average molecular weight is 299 g/mol. The Labute approximate surface area is 131 Å². The van der Waals surface area contributed by atoms with Crippen molar-refractivity contribution in [1.82, 2.24) is 0 Å². The highest BCUT2D eigenvalue weighted by atomic mass is 32.1. The van der Waals surface area contributed by atoms with Crippen LogP contribution in [0, 0.1) is 6.92 Å². The number of hydrogen-bond donors (Lipinski definition) is 1. The number of ether oxygens (including phenoxy) is 1. The summed E-state index contributed by atoms with van der Waals surface area (Å²) < 4.78 is 5.86. The molecule has 0 bridgehead atoms. The van der Waals surface area contributed by atoms with Crippen LogP contribution in [0.25, 0.3) is 0 Å². The maximum Gasteiger partial charge on any atom is 0.120 e. The predicted molar refractivity (Wildman–Crippen MR) is 91.9 cm³/mol. The summed E-state index contributed by atoms with van der Waals surface area (Å²) in [4.78, 5) is 0.411. The minimum atomic E-state index is 0.411. The largest absolute Gasteiger partial charge is 0.489 e. The van der Waals surface area contributed by atoms with Crippen LogP contribution in [0.3, 0.4) is 0 Å². The fraction of sp³-hybridized carbons (Fsp3) is 0.278. The smallest absolute Gasteiger partial charge is 0.120 e. The van der Waals surface area contributed by atoms with Crippen LogP contribution in [0.5, 0.6) is 5.75 Å². The van der Waals surface area contributed by atoms with E-state index < -0.39 is 0 Å². The van der Waals surface area contributed by atoms with Gasteiger partial charge in [-0.25, -0.2) is 0 Å². The van der Waals surface area contributed by atoms with Crippen molar-refractivity contribution in [3.8, 4) is 5.75 Å². The lowest BCUT2D eigenvalue weighted by Gasteiger charge is -2.13. The fourth-order valence-electron chi connectivity index (χ4n) is 2.37. The molecule has 0 atom stereocenters. The van der Waals surface area contributed by atoms with Crippen LogP contribution >= 0.6 is 12.2 Å². The minimum Gasteiger partial charge on any atom is -0.489 e. The predicted octanol–water partition coefficient (Wildman–Crippen LogP) is 4.33. The van der Waals surface area contributed by atoms with Crippen LogP contribution in [0.1, 0.15) is 42.0 Å². The van der Waals surface area contributed by atoms with E-state index in [9.17, 15) is 0 Å². The van der Waals surface area contributed by atoms with Crippen LogP contribution in [-0.2, 0) is 6.61 Å². The molecule has 2 rings (SSSR count). The lowest BCUT2D eigenvalue weighted by atomic mass is 9.98. The topological polar surface area (TPSA) is 35.2 Å². The van der Waals surface area contributed by atoms with Gasteiger partial charge in [-0.2, -0.15) is 0 Å². The lowest BCUT2D eigenvalue weighted by Crippen LogP contribution is -2.09. The molecule has 0 unspecified atom stereocenters. The fourth-order valence-corrected chi connectivity index (χ4v) is 2.49. The van der Waals surface area contributed by atoms with Crippen LogP contribution in [0.2, 0.25) is 0 Å². The van der Waals surface area contributed by atoms with E-state index in [0.717, 1.165) is 16.9 Å². The van der Waals surface area contributed by atoms with E-state index in [2.05, 4.69) is 32.9 Å². The van der Waals surface area contributed by atoms with E-state index >= 15 is 0 Å². The third-order valence-electron chi connectivity index (χ3n) is 3.48. The van der Waals surface area contributed by atoms with Crippen molar-refractivity contribution in [3.63, 3.8) is 0 Å². The first-order valence-electron chi connectivity index (χ1n) is 7.09. The Morgan fingerprint density at radius 2 is 1.95 bits per heavy atom. The molecular formula is C18H21NOS.